The number of rotatable bonds is 3. The summed E-state index contributed by atoms with van der Waals surface area (Å²) in [6, 6.07) is 13.2. The summed E-state index contributed by atoms with van der Waals surface area (Å²) < 4.78 is 4.93. The number of carbonyl (C=O) groups is 2. The first kappa shape index (κ1) is 12.3. The minimum Gasteiger partial charge on any atom is -0.454 e. The Morgan fingerprint density at radius 3 is 2.44 bits per heavy atom. The molecule has 0 bridgehead atoms. The summed E-state index contributed by atoms with van der Waals surface area (Å²) in [6.07, 6.45) is -0.756. The Morgan fingerprint density at radius 1 is 1.06 bits per heavy atom. The number of benzene rings is 2. The topological polar surface area (TPSA) is 43.4 Å². The van der Waals surface area contributed by atoms with Crippen LogP contribution in [0.4, 0.5) is 0 Å². The van der Waals surface area contributed by atoms with Gasteiger partial charge in [0.05, 0.1) is 0 Å². The minimum atomic E-state index is -0.756. The van der Waals surface area contributed by atoms with Gasteiger partial charge in [-0.15, -0.1) is 0 Å². The van der Waals surface area contributed by atoms with Crippen LogP contribution in [0.25, 0.3) is 10.8 Å². The summed E-state index contributed by atoms with van der Waals surface area (Å²) in [5, 5.41) is 1.88. The van der Waals surface area contributed by atoms with Gasteiger partial charge in [-0.05, 0) is 17.7 Å². The molecule has 0 radical (unpaired) electrons. The molecule has 2 aromatic carbocycles. The molecule has 2 aromatic rings. The van der Waals surface area contributed by atoms with Gasteiger partial charge in [0.25, 0.3) is 0 Å². The van der Waals surface area contributed by atoms with E-state index >= 15 is 0 Å². The molecule has 0 spiro atoms. The molecule has 3 heteroatoms. The zero-order valence-electron chi connectivity index (χ0n) is 10.3. The van der Waals surface area contributed by atoms with Gasteiger partial charge in [-0.25, -0.2) is 0 Å². The Kier molecular flexibility index (Phi) is 3.42. The van der Waals surface area contributed by atoms with E-state index in [1.165, 1.54) is 6.92 Å². The van der Waals surface area contributed by atoms with Crippen LogP contribution in [0.3, 0.4) is 0 Å². The zero-order valence-corrected chi connectivity index (χ0v) is 10.3. The number of fused-ring (bicyclic) bond motifs is 1. The zero-order chi connectivity index (χ0) is 13.1. The van der Waals surface area contributed by atoms with E-state index in [2.05, 4.69) is 0 Å². The molecule has 0 saturated carbocycles. The number of Topliss-reactive ketones (excluding diaryl/α,β-unsaturated/α-hetero) is 1. The van der Waals surface area contributed by atoms with Crippen LogP contribution in [0.1, 0.15) is 24.2 Å². The lowest BCUT2D eigenvalue weighted by Gasteiger charge is -2.12. The van der Waals surface area contributed by atoms with Crippen LogP contribution in [0.5, 0.6) is 0 Å². The Morgan fingerprint density at radius 2 is 1.72 bits per heavy atom. The Labute approximate surface area is 105 Å². The van der Waals surface area contributed by atoms with Crippen molar-refractivity contribution in [2.24, 2.45) is 0 Å². The summed E-state index contributed by atoms with van der Waals surface area (Å²) in [4.78, 5) is 23.1. The summed E-state index contributed by atoms with van der Waals surface area (Å²) in [5.41, 5.74) is 0.585. The number of hydrogen-bond donors (Lipinski definition) is 0. The second-order valence-corrected chi connectivity index (χ2v) is 4.14. The van der Waals surface area contributed by atoms with Crippen LogP contribution < -0.4 is 0 Å². The number of ketones is 1. The van der Waals surface area contributed by atoms with Crippen LogP contribution in [-0.4, -0.2) is 17.9 Å². The van der Waals surface area contributed by atoms with Gasteiger partial charge in [-0.3, -0.25) is 9.59 Å². The van der Waals surface area contributed by atoms with Crippen molar-refractivity contribution in [2.75, 3.05) is 0 Å². The lowest BCUT2D eigenvalue weighted by atomic mass is 9.99. The molecule has 0 N–H and O–H groups in total. The fourth-order valence-electron chi connectivity index (χ4n) is 1.96. The third-order valence-electron chi connectivity index (χ3n) is 2.77. The molecule has 0 aromatic heterocycles. The second kappa shape index (κ2) is 5.00. The fourth-order valence-corrected chi connectivity index (χ4v) is 1.96. The van der Waals surface area contributed by atoms with Crippen LogP contribution in [0.2, 0.25) is 0 Å². The van der Waals surface area contributed by atoms with Crippen molar-refractivity contribution in [3.05, 3.63) is 48.0 Å². The molecule has 3 nitrogen and oxygen atoms in total. The highest BCUT2D eigenvalue weighted by molar-refractivity contribution is 6.10. The third-order valence-corrected chi connectivity index (χ3v) is 2.77. The lowest BCUT2D eigenvalue weighted by molar-refractivity contribution is -0.143. The summed E-state index contributed by atoms with van der Waals surface area (Å²) >= 11 is 0. The fraction of sp³-hybridized carbons (Fsp3) is 0.200. The first-order valence-corrected chi connectivity index (χ1v) is 5.79. The number of hydrogen-bond acceptors (Lipinski definition) is 3. The maximum atomic E-state index is 12.2. The van der Waals surface area contributed by atoms with Crippen molar-refractivity contribution < 1.29 is 14.3 Å². The average Bonchev–Trinajstić information content (AvgIpc) is 2.36. The number of carbonyl (C=O) groups excluding carboxylic acids is 2. The van der Waals surface area contributed by atoms with E-state index in [9.17, 15) is 9.59 Å². The molecule has 0 amide bonds. The van der Waals surface area contributed by atoms with Gasteiger partial charge >= 0.3 is 5.97 Å². The molecule has 0 heterocycles. The van der Waals surface area contributed by atoms with E-state index in [-0.39, 0.29) is 5.78 Å². The maximum absolute atomic E-state index is 12.2. The monoisotopic (exact) mass is 242 g/mol. The van der Waals surface area contributed by atoms with Crippen molar-refractivity contribution in [3.63, 3.8) is 0 Å². The normalized spacial score (nSPS) is 12.1. The van der Waals surface area contributed by atoms with Crippen molar-refractivity contribution in [2.45, 2.75) is 20.0 Å². The van der Waals surface area contributed by atoms with Crippen molar-refractivity contribution in [1.82, 2.24) is 0 Å². The van der Waals surface area contributed by atoms with E-state index in [4.69, 9.17) is 4.74 Å². The summed E-state index contributed by atoms with van der Waals surface area (Å²) in [6.45, 7) is 2.89. The molecule has 0 fully saturated rings. The van der Waals surface area contributed by atoms with Crippen LogP contribution in [0.15, 0.2) is 42.5 Å². The quantitative estimate of drug-likeness (QED) is 0.614. The van der Waals surface area contributed by atoms with Crippen molar-refractivity contribution in [1.29, 1.82) is 0 Å². The molecular formula is C15H14O3. The molecule has 0 aliphatic heterocycles. The Balaban J connectivity index is 2.42. The molecular weight excluding hydrogens is 228 g/mol. The smallest absolute Gasteiger partial charge is 0.303 e. The first-order valence-electron chi connectivity index (χ1n) is 5.79. The van der Waals surface area contributed by atoms with E-state index < -0.39 is 12.1 Å². The standard InChI is InChI=1S/C15H14O3/c1-10(18-11(2)16)15(17)14-9-5-7-12-6-3-4-8-13(12)14/h3-10H,1-2H3. The lowest BCUT2D eigenvalue weighted by Crippen LogP contribution is -2.23. The highest BCUT2D eigenvalue weighted by Crippen LogP contribution is 2.20. The first-order chi connectivity index (χ1) is 8.59. The van der Waals surface area contributed by atoms with Gasteiger partial charge < -0.3 is 4.74 Å². The molecule has 2 rings (SSSR count). The summed E-state index contributed by atoms with van der Waals surface area (Å²) in [5.74, 6) is -0.627. The maximum Gasteiger partial charge on any atom is 0.303 e. The average molecular weight is 242 g/mol. The van der Waals surface area contributed by atoms with E-state index in [1.807, 2.05) is 36.4 Å². The van der Waals surface area contributed by atoms with Gasteiger partial charge in [0.1, 0.15) is 0 Å². The van der Waals surface area contributed by atoms with E-state index in [0.717, 1.165) is 10.8 Å². The van der Waals surface area contributed by atoms with Gasteiger partial charge in [0.15, 0.2) is 6.10 Å². The molecule has 0 saturated heterocycles. The molecule has 92 valence electrons. The van der Waals surface area contributed by atoms with Crippen molar-refractivity contribution >= 4 is 22.5 Å². The highest BCUT2D eigenvalue weighted by Gasteiger charge is 2.19. The van der Waals surface area contributed by atoms with Crippen molar-refractivity contribution in [3.8, 4) is 0 Å². The number of ether oxygens (including phenoxy) is 1. The largest absolute Gasteiger partial charge is 0.454 e. The third kappa shape index (κ3) is 2.40. The Bertz CT molecular complexity index is 596. The van der Waals surface area contributed by atoms with Gasteiger partial charge in [0, 0.05) is 12.5 Å². The predicted octanol–water partition coefficient (Wildman–Crippen LogP) is 2.97. The van der Waals surface area contributed by atoms with Crippen LogP contribution in [0, 0.1) is 0 Å². The second-order valence-electron chi connectivity index (χ2n) is 4.14. The molecule has 0 aliphatic carbocycles. The van der Waals surface area contributed by atoms with Crippen LogP contribution >= 0.6 is 0 Å². The number of esters is 1. The van der Waals surface area contributed by atoms with Crippen LogP contribution in [-0.2, 0) is 9.53 Å². The predicted molar refractivity (Wildman–Crippen MR) is 69.5 cm³/mol. The SMILES string of the molecule is CC(=O)OC(C)C(=O)c1cccc2ccccc12. The van der Waals surface area contributed by atoms with Gasteiger partial charge in [0.2, 0.25) is 5.78 Å². The van der Waals surface area contributed by atoms with Gasteiger partial charge in [-0.2, -0.15) is 0 Å². The molecule has 1 atom stereocenters. The molecule has 0 aliphatic rings. The summed E-state index contributed by atoms with van der Waals surface area (Å²) in [7, 11) is 0. The highest BCUT2D eigenvalue weighted by atomic mass is 16.5. The van der Waals surface area contributed by atoms with Gasteiger partial charge in [-0.1, -0.05) is 42.5 Å². The molecule has 18 heavy (non-hydrogen) atoms. The van der Waals surface area contributed by atoms with E-state index in [0.29, 0.717) is 5.56 Å². The minimum absolute atomic E-state index is 0.179. The van der Waals surface area contributed by atoms with E-state index in [1.54, 1.807) is 13.0 Å². The Hall–Kier alpha value is -2.16. The molecule has 1 unspecified atom stereocenters.